The molecule has 3 nitrogen and oxygen atoms in total. The van der Waals surface area contributed by atoms with Gasteiger partial charge in [0.2, 0.25) is 0 Å². The van der Waals surface area contributed by atoms with Gasteiger partial charge in [0.25, 0.3) is 0 Å². The van der Waals surface area contributed by atoms with E-state index in [9.17, 15) is 8.78 Å². The molecule has 0 unspecified atom stereocenters. The molecule has 0 saturated heterocycles. The van der Waals surface area contributed by atoms with Crippen molar-refractivity contribution in [1.29, 1.82) is 5.26 Å². The van der Waals surface area contributed by atoms with Crippen LogP contribution in [0.25, 0.3) is 11.0 Å². The zero-order chi connectivity index (χ0) is 11.7. The van der Waals surface area contributed by atoms with Crippen LogP contribution in [0.4, 0.5) is 8.78 Å². The molecule has 0 amide bonds. The summed E-state index contributed by atoms with van der Waals surface area (Å²) < 4.78 is 27.8. The fraction of sp³-hybridized carbons (Fsp3) is 0.273. The van der Waals surface area contributed by atoms with E-state index in [2.05, 4.69) is 4.98 Å². The maximum absolute atomic E-state index is 13.1. The largest absolute Gasteiger partial charge is 0.327 e. The highest BCUT2D eigenvalue weighted by atomic mass is 19.2. The third-order valence-corrected chi connectivity index (χ3v) is 2.43. The van der Waals surface area contributed by atoms with Gasteiger partial charge in [-0.15, -0.1) is 0 Å². The molecule has 0 bridgehead atoms. The second kappa shape index (κ2) is 3.89. The topological polar surface area (TPSA) is 41.6 Å². The van der Waals surface area contributed by atoms with E-state index >= 15 is 0 Å². The molecular formula is C11H9F2N3. The number of rotatable bonds is 2. The summed E-state index contributed by atoms with van der Waals surface area (Å²) in [5.74, 6) is -1.15. The van der Waals surface area contributed by atoms with Gasteiger partial charge in [-0.2, -0.15) is 5.26 Å². The third kappa shape index (κ3) is 1.63. The van der Waals surface area contributed by atoms with Gasteiger partial charge in [-0.3, -0.25) is 0 Å². The minimum absolute atomic E-state index is 0.311. The Balaban J connectivity index is 2.60. The van der Waals surface area contributed by atoms with Crippen molar-refractivity contribution in [2.75, 3.05) is 0 Å². The quantitative estimate of drug-likeness (QED) is 0.781. The van der Waals surface area contributed by atoms with E-state index in [1.807, 2.05) is 6.07 Å². The number of hydrogen-bond acceptors (Lipinski definition) is 2. The van der Waals surface area contributed by atoms with E-state index in [1.165, 1.54) is 0 Å². The first-order valence-corrected chi connectivity index (χ1v) is 4.82. The highest BCUT2D eigenvalue weighted by Crippen LogP contribution is 2.19. The monoisotopic (exact) mass is 221 g/mol. The van der Waals surface area contributed by atoms with Crippen molar-refractivity contribution in [3.05, 3.63) is 29.6 Å². The molecule has 2 rings (SSSR count). The van der Waals surface area contributed by atoms with Crippen molar-refractivity contribution in [2.24, 2.45) is 0 Å². The summed E-state index contributed by atoms with van der Waals surface area (Å²) in [5, 5.41) is 8.51. The maximum atomic E-state index is 13.1. The van der Waals surface area contributed by atoms with Crippen LogP contribution in [0.1, 0.15) is 12.2 Å². The van der Waals surface area contributed by atoms with Crippen LogP contribution in [0.3, 0.4) is 0 Å². The standard InChI is InChI=1S/C11H9F2N3/c1-7-15-10-5-8(12)9(13)6-11(10)16(7)4-2-3-14/h5-6H,2,4H2,1H3. The summed E-state index contributed by atoms with van der Waals surface area (Å²) in [6.07, 6.45) is 0.311. The van der Waals surface area contributed by atoms with Gasteiger partial charge in [0, 0.05) is 18.7 Å². The summed E-state index contributed by atoms with van der Waals surface area (Å²) in [6, 6.07) is 4.19. The number of nitrogens with zero attached hydrogens (tertiary/aromatic N) is 3. The van der Waals surface area contributed by atoms with Crippen molar-refractivity contribution >= 4 is 11.0 Å². The van der Waals surface area contributed by atoms with E-state index in [0.717, 1.165) is 12.1 Å². The Kier molecular flexibility index (Phi) is 2.57. The molecule has 0 aliphatic carbocycles. The van der Waals surface area contributed by atoms with Crippen molar-refractivity contribution in [3.8, 4) is 6.07 Å². The number of hydrogen-bond donors (Lipinski definition) is 0. The molecule has 82 valence electrons. The number of aromatic nitrogens is 2. The Labute approximate surface area is 90.9 Å². The summed E-state index contributed by atoms with van der Waals surface area (Å²) in [7, 11) is 0. The lowest BCUT2D eigenvalue weighted by Crippen LogP contribution is -1.99. The van der Waals surface area contributed by atoms with Crippen LogP contribution < -0.4 is 0 Å². The van der Waals surface area contributed by atoms with Crippen molar-refractivity contribution in [3.63, 3.8) is 0 Å². The number of aryl methyl sites for hydroxylation is 2. The second-order valence-electron chi connectivity index (χ2n) is 3.47. The maximum Gasteiger partial charge on any atom is 0.161 e. The molecule has 0 radical (unpaired) electrons. The molecule has 0 N–H and O–H groups in total. The summed E-state index contributed by atoms with van der Waals surface area (Å²) in [6.45, 7) is 2.18. The van der Waals surface area contributed by atoms with Crippen LogP contribution in [-0.2, 0) is 6.54 Å². The number of imidazole rings is 1. The van der Waals surface area contributed by atoms with Gasteiger partial charge in [0.15, 0.2) is 11.6 Å². The van der Waals surface area contributed by atoms with E-state index in [-0.39, 0.29) is 0 Å². The number of nitriles is 1. The normalized spacial score (nSPS) is 10.6. The molecule has 0 fully saturated rings. The van der Waals surface area contributed by atoms with Gasteiger partial charge in [-0.05, 0) is 6.92 Å². The van der Waals surface area contributed by atoms with Gasteiger partial charge >= 0.3 is 0 Å². The van der Waals surface area contributed by atoms with Crippen LogP contribution in [0.2, 0.25) is 0 Å². The predicted molar refractivity (Wildman–Crippen MR) is 54.6 cm³/mol. The molecule has 1 heterocycles. The zero-order valence-corrected chi connectivity index (χ0v) is 8.67. The highest BCUT2D eigenvalue weighted by Gasteiger charge is 2.11. The molecule has 0 spiro atoms. The summed E-state index contributed by atoms with van der Waals surface area (Å²) in [5.41, 5.74) is 0.931. The van der Waals surface area contributed by atoms with Crippen LogP contribution in [0, 0.1) is 29.9 Å². The van der Waals surface area contributed by atoms with Crippen molar-refractivity contribution in [2.45, 2.75) is 19.9 Å². The van der Waals surface area contributed by atoms with Crippen molar-refractivity contribution in [1.82, 2.24) is 9.55 Å². The molecule has 0 aliphatic heterocycles. The molecular weight excluding hydrogens is 212 g/mol. The van der Waals surface area contributed by atoms with E-state index in [4.69, 9.17) is 5.26 Å². The van der Waals surface area contributed by atoms with Gasteiger partial charge < -0.3 is 4.57 Å². The zero-order valence-electron chi connectivity index (χ0n) is 8.67. The Morgan fingerprint density at radius 2 is 2.06 bits per heavy atom. The number of benzene rings is 1. The average Bonchev–Trinajstić information content (AvgIpc) is 2.52. The molecule has 0 saturated carbocycles. The van der Waals surface area contributed by atoms with Crippen molar-refractivity contribution < 1.29 is 8.78 Å². The van der Waals surface area contributed by atoms with Crippen LogP contribution in [0.5, 0.6) is 0 Å². The lowest BCUT2D eigenvalue weighted by atomic mass is 10.3. The predicted octanol–water partition coefficient (Wildman–Crippen LogP) is 2.54. The van der Waals surface area contributed by atoms with Gasteiger partial charge in [0.1, 0.15) is 5.82 Å². The molecule has 5 heteroatoms. The molecule has 0 aliphatic rings. The molecule has 0 atom stereocenters. The Bertz CT molecular complexity index is 581. The minimum atomic E-state index is -0.905. The Hall–Kier alpha value is -1.96. The SMILES string of the molecule is Cc1nc2cc(F)c(F)cc2n1CCC#N. The Morgan fingerprint density at radius 1 is 1.38 bits per heavy atom. The fourth-order valence-electron chi connectivity index (χ4n) is 1.68. The lowest BCUT2D eigenvalue weighted by Gasteiger charge is -2.03. The summed E-state index contributed by atoms with van der Waals surface area (Å²) in [4.78, 5) is 4.11. The summed E-state index contributed by atoms with van der Waals surface area (Å²) >= 11 is 0. The second-order valence-corrected chi connectivity index (χ2v) is 3.47. The van der Waals surface area contributed by atoms with Crippen LogP contribution in [0.15, 0.2) is 12.1 Å². The first kappa shape index (κ1) is 10.6. The van der Waals surface area contributed by atoms with Gasteiger partial charge in [0.05, 0.1) is 23.5 Å². The minimum Gasteiger partial charge on any atom is -0.327 e. The Morgan fingerprint density at radius 3 is 2.75 bits per heavy atom. The average molecular weight is 221 g/mol. The van der Waals surface area contributed by atoms with E-state index in [1.54, 1.807) is 11.5 Å². The van der Waals surface area contributed by atoms with E-state index in [0.29, 0.717) is 29.8 Å². The third-order valence-electron chi connectivity index (χ3n) is 2.43. The number of halogens is 2. The first-order valence-electron chi connectivity index (χ1n) is 4.82. The van der Waals surface area contributed by atoms with Gasteiger partial charge in [-0.1, -0.05) is 0 Å². The lowest BCUT2D eigenvalue weighted by molar-refractivity contribution is 0.510. The number of fused-ring (bicyclic) bond motifs is 1. The fourth-order valence-corrected chi connectivity index (χ4v) is 1.68. The van der Waals surface area contributed by atoms with Crippen LogP contribution in [-0.4, -0.2) is 9.55 Å². The van der Waals surface area contributed by atoms with E-state index < -0.39 is 11.6 Å². The first-order chi connectivity index (χ1) is 7.63. The van der Waals surface area contributed by atoms with Crippen LogP contribution >= 0.6 is 0 Å². The highest BCUT2D eigenvalue weighted by molar-refractivity contribution is 5.76. The smallest absolute Gasteiger partial charge is 0.161 e. The molecule has 1 aromatic heterocycles. The van der Waals surface area contributed by atoms with Gasteiger partial charge in [-0.25, -0.2) is 13.8 Å². The molecule has 16 heavy (non-hydrogen) atoms. The molecule has 1 aromatic carbocycles. The molecule has 2 aromatic rings.